The van der Waals surface area contributed by atoms with E-state index in [0.717, 1.165) is 6.42 Å². The van der Waals surface area contributed by atoms with E-state index in [0.29, 0.717) is 18.9 Å². The van der Waals surface area contributed by atoms with Crippen molar-refractivity contribution in [1.29, 1.82) is 0 Å². The lowest BCUT2D eigenvalue weighted by molar-refractivity contribution is -0.139. The van der Waals surface area contributed by atoms with E-state index < -0.39 is 12.0 Å². The standard InChI is InChI=1S/C13H26N2O3/c1-9(2)6-7-15(5)13(18)14-11(12(16)17)8-10(3)4/h9-11H,6-8H2,1-5H3,(H,14,18)(H,16,17). The van der Waals surface area contributed by atoms with E-state index in [4.69, 9.17) is 5.11 Å². The Bertz CT molecular complexity index is 277. The molecule has 5 heteroatoms. The smallest absolute Gasteiger partial charge is 0.326 e. The largest absolute Gasteiger partial charge is 0.480 e. The first-order chi connectivity index (χ1) is 8.23. The molecule has 0 heterocycles. The highest BCUT2D eigenvalue weighted by atomic mass is 16.4. The van der Waals surface area contributed by atoms with Gasteiger partial charge in [-0.3, -0.25) is 0 Å². The molecule has 18 heavy (non-hydrogen) atoms. The molecule has 0 aliphatic rings. The molecule has 2 amide bonds. The maximum absolute atomic E-state index is 11.8. The van der Waals surface area contributed by atoms with E-state index in [2.05, 4.69) is 19.2 Å². The van der Waals surface area contributed by atoms with Gasteiger partial charge in [0.1, 0.15) is 6.04 Å². The summed E-state index contributed by atoms with van der Waals surface area (Å²) >= 11 is 0. The number of rotatable bonds is 7. The van der Waals surface area contributed by atoms with Crippen molar-refractivity contribution in [3.63, 3.8) is 0 Å². The molecule has 0 aromatic rings. The van der Waals surface area contributed by atoms with E-state index >= 15 is 0 Å². The molecule has 0 spiro atoms. The van der Waals surface area contributed by atoms with Crippen molar-refractivity contribution >= 4 is 12.0 Å². The fraction of sp³-hybridized carbons (Fsp3) is 0.846. The molecule has 0 aromatic carbocycles. The van der Waals surface area contributed by atoms with Crippen LogP contribution in [0.25, 0.3) is 0 Å². The third-order valence-corrected chi connectivity index (χ3v) is 2.69. The van der Waals surface area contributed by atoms with Gasteiger partial charge >= 0.3 is 12.0 Å². The zero-order valence-corrected chi connectivity index (χ0v) is 12.1. The van der Waals surface area contributed by atoms with Gasteiger partial charge in [0, 0.05) is 13.6 Å². The average Bonchev–Trinajstić information content (AvgIpc) is 2.23. The van der Waals surface area contributed by atoms with Gasteiger partial charge < -0.3 is 15.3 Å². The van der Waals surface area contributed by atoms with Crippen molar-refractivity contribution in [2.45, 2.75) is 46.6 Å². The molecule has 0 saturated carbocycles. The van der Waals surface area contributed by atoms with Gasteiger partial charge in [-0.25, -0.2) is 9.59 Å². The minimum Gasteiger partial charge on any atom is -0.480 e. The van der Waals surface area contributed by atoms with Crippen LogP contribution < -0.4 is 5.32 Å². The fourth-order valence-corrected chi connectivity index (χ4v) is 1.51. The van der Waals surface area contributed by atoms with E-state index in [9.17, 15) is 9.59 Å². The van der Waals surface area contributed by atoms with Gasteiger partial charge in [-0.05, 0) is 24.7 Å². The Morgan fingerprint density at radius 1 is 1.17 bits per heavy atom. The number of carbonyl (C=O) groups is 2. The molecule has 5 nitrogen and oxygen atoms in total. The summed E-state index contributed by atoms with van der Waals surface area (Å²) in [6, 6.07) is -1.12. The Balaban J connectivity index is 4.27. The Hall–Kier alpha value is -1.26. The maximum atomic E-state index is 11.8. The monoisotopic (exact) mass is 258 g/mol. The number of nitrogens with zero attached hydrogens (tertiary/aromatic N) is 1. The summed E-state index contributed by atoms with van der Waals surface area (Å²) in [6.07, 6.45) is 1.35. The number of nitrogens with one attached hydrogen (secondary N) is 1. The number of urea groups is 1. The van der Waals surface area contributed by atoms with Crippen LogP contribution in [0.3, 0.4) is 0 Å². The number of carboxylic acids is 1. The van der Waals surface area contributed by atoms with Gasteiger partial charge in [-0.1, -0.05) is 27.7 Å². The van der Waals surface area contributed by atoms with Crippen molar-refractivity contribution in [2.24, 2.45) is 11.8 Å². The van der Waals surface area contributed by atoms with Crippen LogP contribution in [0.1, 0.15) is 40.5 Å². The Labute approximate surface area is 110 Å². The van der Waals surface area contributed by atoms with Gasteiger partial charge in [0.2, 0.25) is 0 Å². The highest BCUT2D eigenvalue weighted by molar-refractivity contribution is 5.82. The van der Waals surface area contributed by atoms with Crippen molar-refractivity contribution < 1.29 is 14.7 Å². The summed E-state index contributed by atoms with van der Waals surface area (Å²) in [5, 5.41) is 11.6. The summed E-state index contributed by atoms with van der Waals surface area (Å²) < 4.78 is 0. The molecule has 0 aromatic heterocycles. The lowest BCUT2D eigenvalue weighted by Crippen LogP contribution is -2.47. The summed E-state index contributed by atoms with van der Waals surface area (Å²) in [6.45, 7) is 8.68. The molecular weight excluding hydrogens is 232 g/mol. The first-order valence-electron chi connectivity index (χ1n) is 6.48. The zero-order chi connectivity index (χ0) is 14.3. The van der Waals surface area contributed by atoms with Crippen LogP contribution in [0.15, 0.2) is 0 Å². The second kappa shape index (κ2) is 7.95. The number of aliphatic carboxylic acids is 1. The van der Waals surface area contributed by atoms with Gasteiger partial charge in [0.15, 0.2) is 0 Å². The molecular formula is C13H26N2O3. The minimum absolute atomic E-state index is 0.229. The average molecular weight is 258 g/mol. The summed E-state index contributed by atoms with van der Waals surface area (Å²) in [5.74, 6) is -0.229. The normalized spacial score (nSPS) is 12.6. The van der Waals surface area contributed by atoms with Crippen molar-refractivity contribution in [3.8, 4) is 0 Å². The Morgan fingerprint density at radius 2 is 1.72 bits per heavy atom. The molecule has 0 aliphatic heterocycles. The van der Waals surface area contributed by atoms with Gasteiger partial charge in [0.25, 0.3) is 0 Å². The second-order valence-electron chi connectivity index (χ2n) is 5.57. The number of carboxylic acid groups (broad SMARTS) is 1. The first-order valence-corrected chi connectivity index (χ1v) is 6.48. The highest BCUT2D eigenvalue weighted by Crippen LogP contribution is 2.06. The second-order valence-corrected chi connectivity index (χ2v) is 5.57. The third kappa shape index (κ3) is 7.14. The van der Waals surface area contributed by atoms with Crippen LogP contribution in [0, 0.1) is 11.8 Å². The van der Waals surface area contributed by atoms with Crippen LogP contribution in [0.2, 0.25) is 0 Å². The molecule has 2 N–H and O–H groups in total. The topological polar surface area (TPSA) is 69.6 Å². The van der Waals surface area contributed by atoms with Crippen LogP contribution in [0.4, 0.5) is 4.79 Å². The zero-order valence-electron chi connectivity index (χ0n) is 12.1. The summed E-state index contributed by atoms with van der Waals surface area (Å²) in [7, 11) is 1.69. The van der Waals surface area contributed by atoms with Crippen LogP contribution in [0.5, 0.6) is 0 Å². The number of amides is 2. The van der Waals surface area contributed by atoms with Gasteiger partial charge in [0.05, 0.1) is 0 Å². The van der Waals surface area contributed by atoms with E-state index in [1.165, 1.54) is 4.90 Å². The van der Waals surface area contributed by atoms with Crippen molar-refractivity contribution in [1.82, 2.24) is 10.2 Å². The number of hydrogen-bond acceptors (Lipinski definition) is 2. The molecule has 0 fully saturated rings. The molecule has 0 radical (unpaired) electrons. The summed E-state index contributed by atoms with van der Waals surface area (Å²) in [4.78, 5) is 24.4. The first kappa shape index (κ1) is 16.7. The molecule has 0 rings (SSSR count). The predicted octanol–water partition coefficient (Wildman–Crippen LogP) is 2.17. The minimum atomic E-state index is -0.977. The molecule has 0 bridgehead atoms. The SMILES string of the molecule is CC(C)CCN(C)C(=O)NC(CC(C)C)C(=O)O. The molecule has 0 saturated heterocycles. The predicted molar refractivity (Wildman–Crippen MR) is 71.5 cm³/mol. The summed E-state index contributed by atoms with van der Waals surface area (Å²) in [5.41, 5.74) is 0. The van der Waals surface area contributed by atoms with E-state index in [-0.39, 0.29) is 11.9 Å². The molecule has 1 atom stereocenters. The quantitative estimate of drug-likeness (QED) is 0.735. The Kier molecular flexibility index (Phi) is 7.39. The van der Waals surface area contributed by atoms with Crippen LogP contribution >= 0.6 is 0 Å². The van der Waals surface area contributed by atoms with Crippen molar-refractivity contribution in [3.05, 3.63) is 0 Å². The number of hydrogen-bond donors (Lipinski definition) is 2. The molecule has 0 aliphatic carbocycles. The van der Waals surface area contributed by atoms with Gasteiger partial charge in [-0.15, -0.1) is 0 Å². The number of carbonyl (C=O) groups excluding carboxylic acids is 1. The van der Waals surface area contributed by atoms with Crippen LogP contribution in [-0.4, -0.2) is 41.6 Å². The van der Waals surface area contributed by atoms with Crippen LogP contribution in [-0.2, 0) is 4.79 Å². The fourth-order valence-electron chi connectivity index (χ4n) is 1.51. The van der Waals surface area contributed by atoms with E-state index in [1.54, 1.807) is 7.05 Å². The van der Waals surface area contributed by atoms with Crippen molar-refractivity contribution in [2.75, 3.05) is 13.6 Å². The molecule has 106 valence electrons. The highest BCUT2D eigenvalue weighted by Gasteiger charge is 2.22. The third-order valence-electron chi connectivity index (χ3n) is 2.69. The van der Waals surface area contributed by atoms with Gasteiger partial charge in [-0.2, -0.15) is 0 Å². The maximum Gasteiger partial charge on any atom is 0.326 e. The molecule has 1 unspecified atom stereocenters. The Morgan fingerprint density at radius 3 is 2.11 bits per heavy atom. The lowest BCUT2D eigenvalue weighted by Gasteiger charge is -2.22. The lowest BCUT2D eigenvalue weighted by atomic mass is 10.0. The van der Waals surface area contributed by atoms with E-state index in [1.807, 2.05) is 13.8 Å².